The van der Waals surface area contributed by atoms with Gasteiger partial charge >= 0.3 is 5.97 Å². The molecule has 1 aromatic carbocycles. The van der Waals surface area contributed by atoms with Gasteiger partial charge in [0.05, 0.1) is 6.61 Å². The van der Waals surface area contributed by atoms with E-state index < -0.39 is 18.4 Å². The molecule has 0 aliphatic carbocycles. The summed E-state index contributed by atoms with van der Waals surface area (Å²) >= 11 is 0. The average Bonchev–Trinajstić information content (AvgIpc) is 3.06. The van der Waals surface area contributed by atoms with Crippen molar-refractivity contribution in [2.24, 2.45) is 0 Å². The molecule has 7 nitrogen and oxygen atoms in total. The van der Waals surface area contributed by atoms with Gasteiger partial charge in [0, 0.05) is 13.7 Å². The second kappa shape index (κ2) is 9.05. The van der Waals surface area contributed by atoms with Gasteiger partial charge < -0.3 is 23.9 Å². The topological polar surface area (TPSA) is 89.2 Å². The summed E-state index contributed by atoms with van der Waals surface area (Å²) in [4.78, 5) is 24.5. The quantitative estimate of drug-likeness (QED) is 0.739. The van der Waals surface area contributed by atoms with E-state index in [0.717, 1.165) is 16.9 Å². The molecule has 0 saturated carbocycles. The number of hydrogen-bond donors (Lipinski definition) is 1. The van der Waals surface area contributed by atoms with E-state index in [1.807, 2.05) is 32.0 Å². The smallest absolute Gasteiger partial charge is 0.323 e. The van der Waals surface area contributed by atoms with Crippen molar-refractivity contribution in [3.05, 3.63) is 53.0 Å². The van der Waals surface area contributed by atoms with Crippen LogP contribution in [0.25, 0.3) is 0 Å². The number of carboxylic acids is 1. The molecule has 0 saturated heterocycles. The molecule has 2 aromatic rings. The normalized spacial score (nSPS) is 10.6. The van der Waals surface area contributed by atoms with Crippen LogP contribution in [0.3, 0.4) is 0 Å². The molecule has 1 amide bonds. The molecule has 0 radical (unpaired) electrons. The fourth-order valence-corrected chi connectivity index (χ4v) is 2.45. The lowest BCUT2D eigenvalue weighted by Gasteiger charge is -2.18. The molecule has 0 spiro atoms. The van der Waals surface area contributed by atoms with Crippen LogP contribution in [0.5, 0.6) is 5.75 Å². The maximum Gasteiger partial charge on any atom is 0.323 e. The number of methoxy groups -OCH3 is 1. The van der Waals surface area contributed by atoms with Gasteiger partial charge in [0.1, 0.15) is 24.7 Å². The van der Waals surface area contributed by atoms with Crippen LogP contribution in [-0.4, -0.2) is 48.7 Å². The Kier molecular flexibility index (Phi) is 6.80. The lowest BCUT2D eigenvalue weighted by molar-refractivity contribution is -0.137. The summed E-state index contributed by atoms with van der Waals surface area (Å²) in [5, 5.41) is 8.95. The maximum atomic E-state index is 12.4. The van der Waals surface area contributed by atoms with E-state index in [9.17, 15) is 9.59 Å². The van der Waals surface area contributed by atoms with Gasteiger partial charge in [-0.1, -0.05) is 17.7 Å². The summed E-state index contributed by atoms with van der Waals surface area (Å²) in [5.74, 6) is -0.300. The number of rotatable bonds is 9. The molecule has 0 bridgehead atoms. The van der Waals surface area contributed by atoms with Crippen molar-refractivity contribution in [1.82, 2.24) is 4.90 Å². The SMILES string of the molecule is COCCN(CC(=O)O)C(=O)c1ccc(COc2ccc(C)cc2C)o1. The zero-order valence-electron chi connectivity index (χ0n) is 15.2. The number of benzene rings is 1. The van der Waals surface area contributed by atoms with E-state index in [2.05, 4.69) is 0 Å². The van der Waals surface area contributed by atoms with Crippen LogP contribution in [0.15, 0.2) is 34.7 Å². The van der Waals surface area contributed by atoms with E-state index in [1.54, 1.807) is 6.07 Å². The second-order valence-corrected chi connectivity index (χ2v) is 5.94. The number of aryl methyl sites for hydroxylation is 2. The van der Waals surface area contributed by atoms with Gasteiger partial charge in [0.2, 0.25) is 0 Å². The van der Waals surface area contributed by atoms with E-state index in [1.165, 1.54) is 18.1 Å². The van der Waals surface area contributed by atoms with Gasteiger partial charge in [-0.3, -0.25) is 9.59 Å². The third-order valence-corrected chi connectivity index (χ3v) is 3.75. The van der Waals surface area contributed by atoms with Crippen molar-refractivity contribution >= 4 is 11.9 Å². The summed E-state index contributed by atoms with van der Waals surface area (Å²) in [5.41, 5.74) is 2.16. The van der Waals surface area contributed by atoms with Gasteiger partial charge in [-0.05, 0) is 37.6 Å². The predicted molar refractivity (Wildman–Crippen MR) is 94.4 cm³/mol. The zero-order valence-corrected chi connectivity index (χ0v) is 15.2. The Bertz CT molecular complexity index is 767. The van der Waals surface area contributed by atoms with Gasteiger partial charge in [0.15, 0.2) is 5.76 Å². The summed E-state index contributed by atoms with van der Waals surface area (Å²) in [7, 11) is 1.48. The molecule has 1 aromatic heterocycles. The molecule has 0 aliphatic heterocycles. The van der Waals surface area contributed by atoms with Crippen LogP contribution in [0, 0.1) is 13.8 Å². The zero-order chi connectivity index (χ0) is 19.1. The Hall–Kier alpha value is -2.80. The first kappa shape index (κ1) is 19.5. The highest BCUT2D eigenvalue weighted by Gasteiger charge is 2.21. The van der Waals surface area contributed by atoms with E-state index in [-0.39, 0.29) is 25.5 Å². The van der Waals surface area contributed by atoms with Gasteiger partial charge in [-0.2, -0.15) is 0 Å². The number of hydrogen-bond acceptors (Lipinski definition) is 5. The number of aliphatic carboxylic acids is 1. The number of carbonyl (C=O) groups is 2. The van der Waals surface area contributed by atoms with Gasteiger partial charge in [-0.15, -0.1) is 0 Å². The molecular weight excluding hydrogens is 338 g/mol. The molecule has 0 fully saturated rings. The Morgan fingerprint density at radius 1 is 1.19 bits per heavy atom. The number of furan rings is 1. The standard InChI is InChI=1S/C19H23NO6/c1-13-4-6-16(14(2)10-13)25-12-15-5-7-17(26-15)19(23)20(8-9-24-3)11-18(21)22/h4-7,10H,8-9,11-12H2,1-3H3,(H,21,22). The Balaban J connectivity index is 2.02. The third-order valence-electron chi connectivity index (χ3n) is 3.75. The van der Waals surface area contributed by atoms with Crippen molar-refractivity contribution in [3.8, 4) is 5.75 Å². The minimum Gasteiger partial charge on any atom is -0.485 e. The maximum absolute atomic E-state index is 12.4. The monoisotopic (exact) mass is 361 g/mol. The van der Waals surface area contributed by atoms with Crippen LogP contribution in [0.2, 0.25) is 0 Å². The molecule has 26 heavy (non-hydrogen) atoms. The first-order chi connectivity index (χ1) is 12.4. The molecule has 0 atom stereocenters. The summed E-state index contributed by atoms with van der Waals surface area (Å²) < 4.78 is 16.2. The Labute approximate surface area is 152 Å². The highest BCUT2D eigenvalue weighted by molar-refractivity contribution is 5.93. The van der Waals surface area contributed by atoms with Crippen molar-refractivity contribution in [3.63, 3.8) is 0 Å². The van der Waals surface area contributed by atoms with Crippen LogP contribution in [0.1, 0.15) is 27.4 Å². The van der Waals surface area contributed by atoms with Gasteiger partial charge in [0.25, 0.3) is 5.91 Å². The van der Waals surface area contributed by atoms with Crippen molar-refractivity contribution < 1.29 is 28.6 Å². The Morgan fingerprint density at radius 3 is 2.62 bits per heavy atom. The van der Waals surface area contributed by atoms with Crippen molar-refractivity contribution in [2.75, 3.05) is 26.8 Å². The molecule has 1 N–H and O–H groups in total. The number of carboxylic acid groups (broad SMARTS) is 1. The first-order valence-electron chi connectivity index (χ1n) is 8.19. The number of amides is 1. The molecule has 1 heterocycles. The van der Waals surface area contributed by atoms with E-state index in [4.69, 9.17) is 19.0 Å². The van der Waals surface area contributed by atoms with Crippen molar-refractivity contribution in [1.29, 1.82) is 0 Å². The number of ether oxygens (including phenoxy) is 2. The highest BCUT2D eigenvalue weighted by atomic mass is 16.5. The average molecular weight is 361 g/mol. The van der Waals surface area contributed by atoms with Gasteiger partial charge in [-0.25, -0.2) is 0 Å². The highest BCUT2D eigenvalue weighted by Crippen LogP contribution is 2.21. The van der Waals surface area contributed by atoms with Crippen LogP contribution < -0.4 is 4.74 Å². The fraction of sp³-hybridized carbons (Fsp3) is 0.368. The molecule has 0 aliphatic rings. The minimum absolute atomic E-state index is 0.0709. The minimum atomic E-state index is -1.10. The number of carbonyl (C=O) groups excluding carboxylic acids is 1. The molecule has 140 valence electrons. The van der Waals surface area contributed by atoms with E-state index in [0.29, 0.717) is 5.76 Å². The third kappa shape index (κ3) is 5.35. The summed E-state index contributed by atoms with van der Waals surface area (Å²) in [6.07, 6.45) is 0. The molecule has 0 unspecified atom stereocenters. The summed E-state index contributed by atoms with van der Waals surface area (Å²) in [6, 6.07) is 9.03. The number of nitrogens with zero attached hydrogens (tertiary/aromatic N) is 1. The molecule has 2 rings (SSSR count). The Morgan fingerprint density at radius 2 is 1.96 bits per heavy atom. The molecular formula is C19H23NO6. The largest absolute Gasteiger partial charge is 0.485 e. The molecule has 7 heteroatoms. The van der Waals surface area contributed by atoms with E-state index >= 15 is 0 Å². The lowest BCUT2D eigenvalue weighted by atomic mass is 10.1. The fourth-order valence-electron chi connectivity index (χ4n) is 2.45. The van der Waals surface area contributed by atoms with Crippen LogP contribution in [0.4, 0.5) is 0 Å². The lowest BCUT2D eigenvalue weighted by Crippen LogP contribution is -2.37. The van der Waals surface area contributed by atoms with Crippen molar-refractivity contribution in [2.45, 2.75) is 20.5 Å². The first-order valence-corrected chi connectivity index (χ1v) is 8.19. The summed E-state index contributed by atoms with van der Waals surface area (Å²) in [6.45, 7) is 4.12. The predicted octanol–water partition coefficient (Wildman–Crippen LogP) is 2.65. The second-order valence-electron chi connectivity index (χ2n) is 5.94. The van der Waals surface area contributed by atoms with Crippen LogP contribution >= 0.6 is 0 Å². The van der Waals surface area contributed by atoms with Crippen LogP contribution in [-0.2, 0) is 16.1 Å².